The fourth-order valence-corrected chi connectivity index (χ4v) is 3.48. The van der Waals surface area contributed by atoms with Crippen LogP contribution in [0.1, 0.15) is 59.8 Å². The van der Waals surface area contributed by atoms with Crippen molar-refractivity contribution < 1.29 is 28.9 Å². The summed E-state index contributed by atoms with van der Waals surface area (Å²) < 4.78 is 18.1. The van der Waals surface area contributed by atoms with E-state index in [4.69, 9.17) is 4.74 Å². The summed E-state index contributed by atoms with van der Waals surface area (Å²) in [4.78, 5) is 24.6. The predicted octanol–water partition coefficient (Wildman–Crippen LogP) is 3.53. The van der Waals surface area contributed by atoms with Crippen molar-refractivity contribution in [3.63, 3.8) is 0 Å². The quantitative estimate of drug-likeness (QED) is 0.711. The van der Waals surface area contributed by atoms with Gasteiger partial charge in [0.05, 0.1) is 25.3 Å². The minimum Gasteiger partial charge on any atom is -0.462 e. The van der Waals surface area contributed by atoms with Crippen molar-refractivity contribution in [2.45, 2.75) is 78.1 Å². The van der Waals surface area contributed by atoms with E-state index in [9.17, 15) is 24.2 Å². The van der Waals surface area contributed by atoms with Crippen LogP contribution in [0.3, 0.4) is 0 Å². The molecular weight excluding hydrogens is 363 g/mol. The number of ketones is 1. The summed E-state index contributed by atoms with van der Waals surface area (Å²) in [6.45, 7) is 6.66. The molecular formula is C22H35FO5. The summed E-state index contributed by atoms with van der Waals surface area (Å²) in [5.74, 6) is -1.60. The lowest BCUT2D eigenvalue weighted by Gasteiger charge is -2.31. The second-order valence-electron chi connectivity index (χ2n) is 7.94. The average molecular weight is 399 g/mol. The highest BCUT2D eigenvalue weighted by Crippen LogP contribution is 2.27. The van der Waals surface area contributed by atoms with Crippen molar-refractivity contribution in [1.82, 2.24) is 0 Å². The first-order valence-corrected chi connectivity index (χ1v) is 10.2. The fraction of sp³-hybridized carbons (Fsp3) is 0.727. The van der Waals surface area contributed by atoms with Crippen LogP contribution in [0.4, 0.5) is 4.39 Å². The van der Waals surface area contributed by atoms with Gasteiger partial charge in [-0.1, -0.05) is 44.9 Å². The van der Waals surface area contributed by atoms with Crippen LogP contribution in [0.15, 0.2) is 23.8 Å². The molecule has 0 saturated heterocycles. The number of hydrogen-bond acceptors (Lipinski definition) is 5. The SMILES string of the molecule is CC[C@H]1C[C@@H](C)C(=O)/C=C/C(C)=C/C[C@@H](CCF)OC(=O)C[C@@H](O)[C@H](C)[C@H]1O. The second-order valence-corrected chi connectivity index (χ2v) is 7.94. The molecule has 0 unspecified atom stereocenters. The highest BCUT2D eigenvalue weighted by atomic mass is 19.1. The van der Waals surface area contributed by atoms with E-state index in [0.29, 0.717) is 19.3 Å². The van der Waals surface area contributed by atoms with Crippen LogP contribution in [0, 0.1) is 17.8 Å². The summed E-state index contributed by atoms with van der Waals surface area (Å²) in [5, 5.41) is 21.1. The molecule has 0 aromatic rings. The van der Waals surface area contributed by atoms with Gasteiger partial charge in [0.2, 0.25) is 0 Å². The van der Waals surface area contributed by atoms with Crippen molar-refractivity contribution in [2.75, 3.05) is 6.67 Å². The van der Waals surface area contributed by atoms with Crippen LogP contribution < -0.4 is 0 Å². The Balaban J connectivity index is 3.10. The standard InChI is InChI=1S/C22H35FO5/c1-5-17-12-15(3)19(24)9-7-14(2)6-8-18(10-11-23)28-21(26)13-20(25)16(4)22(17)27/h6-7,9,15-18,20,22,25,27H,5,8,10-13H2,1-4H3/b9-7+,14-6+/t15-,16+,17+,18+,20-,22-/m1/s1. The first-order chi connectivity index (χ1) is 13.2. The van der Waals surface area contributed by atoms with Gasteiger partial charge < -0.3 is 14.9 Å². The van der Waals surface area contributed by atoms with Crippen molar-refractivity contribution in [3.05, 3.63) is 23.8 Å². The number of cyclic esters (lactones) is 1. The number of rotatable bonds is 3. The predicted molar refractivity (Wildman–Crippen MR) is 106 cm³/mol. The topological polar surface area (TPSA) is 83.8 Å². The molecule has 0 amide bonds. The lowest BCUT2D eigenvalue weighted by Crippen LogP contribution is -2.37. The van der Waals surface area contributed by atoms with E-state index in [1.54, 1.807) is 13.0 Å². The zero-order chi connectivity index (χ0) is 21.3. The highest BCUT2D eigenvalue weighted by Gasteiger charge is 2.32. The summed E-state index contributed by atoms with van der Waals surface area (Å²) in [7, 11) is 0. The molecule has 28 heavy (non-hydrogen) atoms. The van der Waals surface area contributed by atoms with E-state index in [1.165, 1.54) is 6.08 Å². The maximum absolute atomic E-state index is 12.8. The molecule has 0 aromatic heterocycles. The van der Waals surface area contributed by atoms with Gasteiger partial charge in [-0.3, -0.25) is 14.0 Å². The molecule has 0 fully saturated rings. The number of allylic oxidation sites excluding steroid dienone is 3. The van der Waals surface area contributed by atoms with Crippen molar-refractivity contribution in [1.29, 1.82) is 0 Å². The minimum atomic E-state index is -1.07. The zero-order valence-electron chi connectivity index (χ0n) is 17.4. The van der Waals surface area contributed by atoms with Gasteiger partial charge in [0.1, 0.15) is 6.10 Å². The third-order valence-electron chi connectivity index (χ3n) is 5.61. The zero-order valence-corrected chi connectivity index (χ0v) is 17.4. The number of carbonyl (C=O) groups excluding carboxylic acids is 2. The monoisotopic (exact) mass is 398 g/mol. The summed E-state index contributed by atoms with van der Waals surface area (Å²) in [6.07, 6.45) is 3.81. The van der Waals surface area contributed by atoms with Crippen LogP contribution >= 0.6 is 0 Å². The van der Waals surface area contributed by atoms with E-state index in [-0.39, 0.29) is 30.5 Å². The smallest absolute Gasteiger partial charge is 0.308 e. The Morgan fingerprint density at radius 1 is 1.21 bits per heavy atom. The Labute approximate surface area is 167 Å². The van der Waals surface area contributed by atoms with Gasteiger partial charge in [-0.15, -0.1) is 0 Å². The maximum Gasteiger partial charge on any atom is 0.308 e. The van der Waals surface area contributed by atoms with Gasteiger partial charge in [0, 0.05) is 24.7 Å². The van der Waals surface area contributed by atoms with Gasteiger partial charge >= 0.3 is 5.97 Å². The third-order valence-corrected chi connectivity index (χ3v) is 5.61. The highest BCUT2D eigenvalue weighted by molar-refractivity contribution is 5.91. The summed E-state index contributed by atoms with van der Waals surface area (Å²) >= 11 is 0. The molecule has 5 nitrogen and oxygen atoms in total. The minimum absolute atomic E-state index is 0.0227. The Morgan fingerprint density at radius 3 is 2.50 bits per heavy atom. The number of hydrogen-bond donors (Lipinski definition) is 2. The van der Waals surface area contributed by atoms with Gasteiger partial charge in [0.25, 0.3) is 0 Å². The van der Waals surface area contributed by atoms with Gasteiger partial charge in [-0.25, -0.2) is 0 Å². The van der Waals surface area contributed by atoms with Crippen molar-refractivity contribution in [2.24, 2.45) is 17.8 Å². The number of ether oxygens (including phenoxy) is 1. The molecule has 6 atom stereocenters. The maximum atomic E-state index is 12.8. The normalized spacial score (nSPS) is 37.0. The molecule has 0 aromatic carbocycles. The van der Waals surface area contributed by atoms with E-state index in [0.717, 1.165) is 5.57 Å². The molecule has 2 N–H and O–H groups in total. The number of carbonyl (C=O) groups is 2. The first kappa shape index (κ1) is 24.5. The van der Waals surface area contributed by atoms with Crippen molar-refractivity contribution >= 4 is 11.8 Å². The molecule has 1 aliphatic rings. The Hall–Kier alpha value is -1.53. The summed E-state index contributed by atoms with van der Waals surface area (Å²) in [6, 6.07) is 0. The molecule has 1 aliphatic heterocycles. The van der Waals surface area contributed by atoms with E-state index in [2.05, 4.69) is 0 Å². The summed E-state index contributed by atoms with van der Waals surface area (Å²) in [5.41, 5.74) is 0.827. The lowest BCUT2D eigenvalue weighted by molar-refractivity contribution is -0.153. The first-order valence-electron chi connectivity index (χ1n) is 10.2. The number of halogens is 1. The molecule has 1 heterocycles. The fourth-order valence-electron chi connectivity index (χ4n) is 3.48. The van der Waals surface area contributed by atoms with Crippen LogP contribution in [-0.2, 0) is 14.3 Å². The molecule has 0 saturated carbocycles. The Bertz CT molecular complexity index is 571. The van der Waals surface area contributed by atoms with E-state index >= 15 is 0 Å². The van der Waals surface area contributed by atoms with Crippen molar-refractivity contribution in [3.8, 4) is 0 Å². The van der Waals surface area contributed by atoms with Crippen LogP contribution in [0.2, 0.25) is 0 Å². The lowest BCUT2D eigenvalue weighted by atomic mass is 9.80. The van der Waals surface area contributed by atoms with Crippen LogP contribution in [-0.4, -0.2) is 47.0 Å². The molecule has 0 spiro atoms. The third kappa shape index (κ3) is 7.84. The second kappa shape index (κ2) is 12.1. The molecule has 6 heteroatoms. The number of esters is 1. The molecule has 0 radical (unpaired) electrons. The number of alkyl halides is 1. The van der Waals surface area contributed by atoms with E-state index in [1.807, 2.05) is 26.8 Å². The van der Waals surface area contributed by atoms with E-state index < -0.39 is 36.9 Å². The van der Waals surface area contributed by atoms with Crippen LogP contribution in [0.25, 0.3) is 0 Å². The Kier molecular flexibility index (Phi) is 10.6. The van der Waals surface area contributed by atoms with Crippen LogP contribution in [0.5, 0.6) is 0 Å². The van der Waals surface area contributed by atoms with Gasteiger partial charge in [-0.2, -0.15) is 0 Å². The largest absolute Gasteiger partial charge is 0.462 e. The molecule has 0 aliphatic carbocycles. The van der Waals surface area contributed by atoms with Gasteiger partial charge in [0.15, 0.2) is 5.78 Å². The number of aliphatic hydroxyl groups is 2. The average Bonchev–Trinajstić information content (AvgIpc) is 2.66. The van der Waals surface area contributed by atoms with Gasteiger partial charge in [-0.05, 0) is 25.3 Å². The molecule has 160 valence electrons. The molecule has 1 rings (SSSR count). The molecule has 0 bridgehead atoms. The number of aliphatic hydroxyl groups excluding tert-OH is 2. The Morgan fingerprint density at radius 2 is 1.89 bits per heavy atom.